The van der Waals surface area contributed by atoms with Crippen LogP contribution in [0.2, 0.25) is 0 Å². The van der Waals surface area contributed by atoms with Gasteiger partial charge in [-0.25, -0.2) is 0 Å². The molecule has 11 aromatic rings. The Hall–Kier alpha value is -7.02. The molecule has 0 nitrogen and oxygen atoms in total. The van der Waals surface area contributed by atoms with E-state index in [0.717, 1.165) is 0 Å². The molecule has 0 N–H and O–H groups in total. The van der Waals surface area contributed by atoms with Crippen molar-refractivity contribution < 1.29 is 0 Å². The van der Waals surface area contributed by atoms with E-state index in [9.17, 15) is 0 Å². The van der Waals surface area contributed by atoms with Crippen LogP contribution >= 0.6 is 0 Å². The van der Waals surface area contributed by atoms with Gasteiger partial charge in [0, 0.05) is 0 Å². The first-order valence-corrected chi connectivity index (χ1v) is 18.7. The number of rotatable bonds is 4. The molecular formula is C54H34. The molecule has 0 heterocycles. The maximum Gasteiger partial charge on any atom is -0.00259 e. The van der Waals surface area contributed by atoms with Gasteiger partial charge in [0.15, 0.2) is 0 Å². The molecule has 0 saturated heterocycles. The fourth-order valence-electron chi connectivity index (χ4n) is 8.77. The topological polar surface area (TPSA) is 0 Å². The van der Waals surface area contributed by atoms with Gasteiger partial charge in [0.1, 0.15) is 0 Å². The number of fused-ring (bicyclic) bond motifs is 8. The normalized spacial score (nSPS) is 11.7. The van der Waals surface area contributed by atoms with E-state index >= 15 is 0 Å². The van der Waals surface area contributed by atoms with Crippen LogP contribution in [0, 0.1) is 0 Å². The van der Waals surface area contributed by atoms with Gasteiger partial charge in [0.25, 0.3) is 0 Å². The largest absolute Gasteiger partial charge is 0.0622 e. The van der Waals surface area contributed by atoms with Gasteiger partial charge in [0.2, 0.25) is 0 Å². The zero-order chi connectivity index (χ0) is 35.6. The maximum absolute atomic E-state index is 2.47. The second kappa shape index (κ2) is 12.3. The number of hydrogen-bond acceptors (Lipinski definition) is 0. The van der Waals surface area contributed by atoms with E-state index in [1.807, 2.05) is 0 Å². The van der Waals surface area contributed by atoms with Gasteiger partial charge < -0.3 is 0 Å². The Morgan fingerprint density at radius 2 is 0.481 bits per heavy atom. The molecule has 0 radical (unpaired) electrons. The van der Waals surface area contributed by atoms with Crippen molar-refractivity contribution in [2.24, 2.45) is 0 Å². The number of benzene rings is 11. The second-order valence-electron chi connectivity index (χ2n) is 14.4. The smallest absolute Gasteiger partial charge is 0.00259 e. The standard InChI is InChI=1S/C54H34/c1-3-11-35(12-4-1)37-19-25-41(26-20-37)53-49-31-43-29-23-40-16-8-10-18-46(40)48(43)34-52(49)54(42-27-21-38(22-28-42)36-13-5-2-6-14-36)50-32-44-30-24-39-15-7-9-17-45(39)47(44)33-51(50)53/h1-34H. The first-order chi connectivity index (χ1) is 26.8. The van der Waals surface area contributed by atoms with Crippen molar-refractivity contribution in [1.82, 2.24) is 0 Å². The van der Waals surface area contributed by atoms with Crippen molar-refractivity contribution in [1.29, 1.82) is 0 Å². The molecule has 0 aliphatic rings. The molecule has 0 aliphatic heterocycles. The highest BCUT2D eigenvalue weighted by molar-refractivity contribution is 6.28. The zero-order valence-electron chi connectivity index (χ0n) is 29.6. The lowest BCUT2D eigenvalue weighted by molar-refractivity contribution is 1.61. The first kappa shape index (κ1) is 30.6. The molecule has 11 aromatic carbocycles. The van der Waals surface area contributed by atoms with Gasteiger partial charge in [-0.15, -0.1) is 0 Å². The minimum Gasteiger partial charge on any atom is -0.0622 e. The highest BCUT2D eigenvalue weighted by Crippen LogP contribution is 2.48. The fraction of sp³-hybridized carbons (Fsp3) is 0. The van der Waals surface area contributed by atoms with Crippen LogP contribution in [0.25, 0.3) is 109 Å². The Bertz CT molecular complexity index is 2990. The molecule has 0 atom stereocenters. The van der Waals surface area contributed by atoms with Crippen LogP contribution in [0.5, 0.6) is 0 Å². The highest BCUT2D eigenvalue weighted by atomic mass is 14.2. The van der Waals surface area contributed by atoms with E-state index < -0.39 is 0 Å². The monoisotopic (exact) mass is 682 g/mol. The highest BCUT2D eigenvalue weighted by Gasteiger charge is 2.20. The predicted molar refractivity (Wildman–Crippen MR) is 233 cm³/mol. The molecule has 0 aromatic heterocycles. The molecule has 0 fully saturated rings. The molecule has 0 spiro atoms. The van der Waals surface area contributed by atoms with E-state index in [-0.39, 0.29) is 0 Å². The van der Waals surface area contributed by atoms with Crippen molar-refractivity contribution in [2.75, 3.05) is 0 Å². The predicted octanol–water partition coefficient (Wildman–Crippen LogP) is 15.3. The lowest BCUT2D eigenvalue weighted by Crippen LogP contribution is -1.93. The van der Waals surface area contributed by atoms with Crippen LogP contribution in [0.1, 0.15) is 0 Å². The van der Waals surface area contributed by atoms with Crippen molar-refractivity contribution in [2.45, 2.75) is 0 Å². The lowest BCUT2D eigenvalue weighted by Gasteiger charge is -2.20. The lowest BCUT2D eigenvalue weighted by atomic mass is 9.82. The van der Waals surface area contributed by atoms with Gasteiger partial charge in [-0.1, -0.05) is 182 Å². The fourth-order valence-corrected chi connectivity index (χ4v) is 8.77. The second-order valence-corrected chi connectivity index (χ2v) is 14.4. The summed E-state index contributed by atoms with van der Waals surface area (Å²) in [7, 11) is 0. The van der Waals surface area contributed by atoms with Crippen LogP contribution in [0.15, 0.2) is 206 Å². The molecule has 0 amide bonds. The Kier molecular flexibility index (Phi) is 6.97. The van der Waals surface area contributed by atoms with Gasteiger partial charge in [-0.05, 0) is 133 Å². The Morgan fingerprint density at radius 3 is 0.907 bits per heavy atom. The third-order valence-corrected chi connectivity index (χ3v) is 11.4. The molecule has 54 heavy (non-hydrogen) atoms. The quantitative estimate of drug-likeness (QED) is 0.128. The Labute approximate surface area is 314 Å². The summed E-state index contributed by atoms with van der Waals surface area (Å²) >= 11 is 0. The first-order valence-electron chi connectivity index (χ1n) is 18.7. The van der Waals surface area contributed by atoms with E-state index in [1.54, 1.807) is 0 Å². The van der Waals surface area contributed by atoms with Crippen molar-refractivity contribution in [3.63, 3.8) is 0 Å². The summed E-state index contributed by atoms with van der Waals surface area (Å²) < 4.78 is 0. The SMILES string of the molecule is c1ccc(-c2ccc(-c3c4cc5ccc6ccccc6c5cc4c(-c4ccc(-c5ccccc5)cc4)c4cc5ccc6ccccc6c5cc34)cc2)cc1. The average molecular weight is 683 g/mol. The summed E-state index contributed by atoms with van der Waals surface area (Å²) in [6.45, 7) is 0. The third-order valence-electron chi connectivity index (χ3n) is 11.4. The van der Waals surface area contributed by atoms with E-state index in [1.165, 1.54) is 109 Å². The minimum absolute atomic E-state index is 1.22. The van der Waals surface area contributed by atoms with Gasteiger partial charge in [-0.2, -0.15) is 0 Å². The van der Waals surface area contributed by atoms with Crippen LogP contribution in [-0.4, -0.2) is 0 Å². The van der Waals surface area contributed by atoms with Crippen LogP contribution in [0.4, 0.5) is 0 Å². The van der Waals surface area contributed by atoms with Crippen molar-refractivity contribution in [3.05, 3.63) is 206 Å². The molecule has 0 unspecified atom stereocenters. The maximum atomic E-state index is 2.47. The summed E-state index contributed by atoms with van der Waals surface area (Å²) in [4.78, 5) is 0. The Balaban J connectivity index is 1.29. The van der Waals surface area contributed by atoms with Crippen molar-refractivity contribution in [3.8, 4) is 44.5 Å². The molecule has 0 aliphatic carbocycles. The summed E-state index contributed by atoms with van der Waals surface area (Å²) in [5.74, 6) is 0. The molecule has 0 bridgehead atoms. The summed E-state index contributed by atoms with van der Waals surface area (Å²) in [6, 6.07) is 76.3. The molecular weight excluding hydrogens is 649 g/mol. The summed E-state index contributed by atoms with van der Waals surface area (Å²) in [5.41, 5.74) is 9.87. The molecule has 11 rings (SSSR count). The van der Waals surface area contributed by atoms with Gasteiger partial charge in [-0.3, -0.25) is 0 Å². The summed E-state index contributed by atoms with van der Waals surface area (Å²) in [6.07, 6.45) is 0. The molecule has 250 valence electrons. The third kappa shape index (κ3) is 4.92. The summed E-state index contributed by atoms with van der Waals surface area (Å²) in [5, 5.41) is 15.2. The van der Waals surface area contributed by atoms with Gasteiger partial charge >= 0.3 is 0 Å². The zero-order valence-corrected chi connectivity index (χ0v) is 29.6. The molecule has 0 saturated carbocycles. The van der Waals surface area contributed by atoms with Crippen molar-refractivity contribution >= 4 is 64.6 Å². The van der Waals surface area contributed by atoms with E-state index in [2.05, 4.69) is 206 Å². The van der Waals surface area contributed by atoms with E-state index in [0.29, 0.717) is 0 Å². The van der Waals surface area contributed by atoms with Crippen LogP contribution in [0.3, 0.4) is 0 Å². The molecule has 0 heteroatoms. The van der Waals surface area contributed by atoms with Gasteiger partial charge in [0.05, 0.1) is 0 Å². The Morgan fingerprint density at radius 1 is 0.167 bits per heavy atom. The van der Waals surface area contributed by atoms with Crippen LogP contribution < -0.4 is 0 Å². The number of hydrogen-bond donors (Lipinski definition) is 0. The average Bonchev–Trinajstić information content (AvgIpc) is 3.25. The minimum atomic E-state index is 1.22. The van der Waals surface area contributed by atoms with Crippen LogP contribution in [-0.2, 0) is 0 Å². The van der Waals surface area contributed by atoms with E-state index in [4.69, 9.17) is 0 Å².